The van der Waals surface area contributed by atoms with E-state index in [0.29, 0.717) is 31.5 Å². The fraction of sp³-hybridized carbons (Fsp3) is 0.167. The van der Waals surface area contributed by atoms with Crippen LogP contribution in [0.1, 0.15) is 25.7 Å². The molecule has 0 radical (unpaired) electrons. The zero-order valence-corrected chi connectivity index (χ0v) is 16.8. The molecule has 0 spiro atoms. The van der Waals surface area contributed by atoms with Gasteiger partial charge in [-0.2, -0.15) is 0 Å². The smallest absolute Gasteiger partial charge is 0.380 e. The molecule has 4 heteroatoms. The maximum Gasteiger partial charge on any atom is 0.380 e. The normalized spacial score (nSPS) is 14.6. The van der Waals surface area contributed by atoms with Crippen molar-refractivity contribution in [3.63, 3.8) is 0 Å². The Bertz CT molecular complexity index is 847. The molecular weight excluding hydrogens is 362 g/mol. The molecule has 4 rings (SSSR count). The number of benzene rings is 3. The maximum atomic E-state index is 11.6. The Morgan fingerprint density at radius 3 is 1.39 bits per heavy atom. The molecule has 1 aliphatic carbocycles. The van der Waals surface area contributed by atoms with E-state index in [4.69, 9.17) is 4.53 Å². The van der Waals surface area contributed by atoms with Crippen molar-refractivity contribution in [3.8, 4) is 0 Å². The lowest BCUT2D eigenvalue weighted by atomic mass is 9.98. The van der Waals surface area contributed by atoms with E-state index in [1.807, 2.05) is 18.2 Å². The first kappa shape index (κ1) is 18.4. The van der Waals surface area contributed by atoms with Gasteiger partial charge in [0.1, 0.15) is 5.78 Å². The van der Waals surface area contributed by atoms with Gasteiger partial charge >= 0.3 is 8.32 Å². The molecule has 140 valence electrons. The topological polar surface area (TPSA) is 38.7 Å². The number of oxime groups is 1. The minimum absolute atomic E-state index is 0.316. The minimum atomic E-state index is -2.80. The number of rotatable bonds is 5. The highest BCUT2D eigenvalue weighted by Gasteiger charge is 2.45. The molecule has 0 atom stereocenters. The van der Waals surface area contributed by atoms with Crippen LogP contribution < -0.4 is 15.6 Å². The predicted octanol–water partition coefficient (Wildman–Crippen LogP) is 3.17. The van der Waals surface area contributed by atoms with Crippen molar-refractivity contribution < 1.29 is 9.32 Å². The van der Waals surface area contributed by atoms with Crippen LogP contribution in [0.4, 0.5) is 0 Å². The lowest BCUT2D eigenvalue weighted by molar-refractivity contribution is -0.119. The van der Waals surface area contributed by atoms with Gasteiger partial charge in [0.05, 0.1) is 5.71 Å². The SMILES string of the molecule is O=C1CCC(=NO[Si](c2ccccc2)(c2ccccc2)c2ccccc2)CC1. The lowest BCUT2D eigenvalue weighted by Gasteiger charge is -2.30. The average molecular weight is 386 g/mol. The summed E-state index contributed by atoms with van der Waals surface area (Å²) in [6, 6.07) is 31.2. The zero-order valence-electron chi connectivity index (χ0n) is 15.8. The number of Topliss-reactive ketones (excluding diaryl/α,β-unsaturated/α-hetero) is 1. The van der Waals surface area contributed by atoms with Crippen LogP contribution in [0.3, 0.4) is 0 Å². The summed E-state index contributed by atoms with van der Waals surface area (Å²) in [6.07, 6.45) is 2.53. The average Bonchev–Trinajstić information content (AvgIpc) is 2.78. The van der Waals surface area contributed by atoms with Crippen molar-refractivity contribution in [1.82, 2.24) is 0 Å². The van der Waals surface area contributed by atoms with E-state index in [-0.39, 0.29) is 0 Å². The van der Waals surface area contributed by atoms with E-state index in [1.54, 1.807) is 0 Å². The van der Waals surface area contributed by atoms with Crippen molar-refractivity contribution in [3.05, 3.63) is 91.0 Å². The molecule has 1 aliphatic rings. The van der Waals surface area contributed by atoms with Crippen LogP contribution in [0.2, 0.25) is 0 Å². The molecular formula is C24H23NO2Si. The van der Waals surface area contributed by atoms with E-state index in [1.165, 1.54) is 0 Å². The molecule has 0 aromatic heterocycles. The van der Waals surface area contributed by atoms with Crippen molar-refractivity contribution in [2.45, 2.75) is 25.7 Å². The Morgan fingerprint density at radius 1 is 0.607 bits per heavy atom. The molecule has 0 saturated heterocycles. The second kappa shape index (κ2) is 8.36. The van der Waals surface area contributed by atoms with Gasteiger partial charge in [-0.3, -0.25) is 4.79 Å². The maximum absolute atomic E-state index is 11.6. The van der Waals surface area contributed by atoms with Gasteiger partial charge < -0.3 is 4.53 Å². The number of ketones is 1. The molecule has 0 amide bonds. The summed E-state index contributed by atoms with van der Waals surface area (Å²) in [4.78, 5) is 11.6. The molecule has 3 nitrogen and oxygen atoms in total. The molecule has 3 aromatic rings. The van der Waals surface area contributed by atoms with Crippen molar-refractivity contribution in [1.29, 1.82) is 0 Å². The molecule has 0 heterocycles. The highest BCUT2D eigenvalue weighted by atomic mass is 28.4. The number of hydrogen-bond donors (Lipinski definition) is 0. The van der Waals surface area contributed by atoms with Crippen LogP contribution in [0.15, 0.2) is 96.2 Å². The van der Waals surface area contributed by atoms with Gasteiger partial charge in [0.2, 0.25) is 0 Å². The van der Waals surface area contributed by atoms with Gasteiger partial charge in [-0.15, -0.1) is 5.16 Å². The second-order valence-electron chi connectivity index (χ2n) is 7.07. The number of carbonyl (C=O) groups is 1. The Hall–Kier alpha value is -2.98. The van der Waals surface area contributed by atoms with Gasteiger partial charge in [0.25, 0.3) is 0 Å². The van der Waals surface area contributed by atoms with E-state index in [0.717, 1.165) is 21.3 Å². The molecule has 28 heavy (non-hydrogen) atoms. The summed E-state index contributed by atoms with van der Waals surface area (Å²) in [7, 11) is -2.80. The summed E-state index contributed by atoms with van der Waals surface area (Å²) < 4.78 is 6.58. The third-order valence-electron chi connectivity index (χ3n) is 5.24. The molecule has 1 fully saturated rings. The number of carbonyl (C=O) groups excluding carboxylic acids is 1. The van der Waals surface area contributed by atoms with Crippen LogP contribution in [0.25, 0.3) is 0 Å². The third-order valence-corrected chi connectivity index (χ3v) is 9.04. The standard InChI is InChI=1S/C24H23NO2Si/c26-21-18-16-20(17-19-21)25-27-28(22-10-4-1-5-11-22,23-12-6-2-7-13-23)24-14-8-3-9-15-24/h1-15H,16-19H2. The second-order valence-corrected chi connectivity index (χ2v) is 10.3. The Morgan fingerprint density at radius 2 is 1.00 bits per heavy atom. The number of hydrogen-bond acceptors (Lipinski definition) is 3. The van der Waals surface area contributed by atoms with Crippen LogP contribution >= 0.6 is 0 Å². The van der Waals surface area contributed by atoms with Crippen LogP contribution in [-0.4, -0.2) is 19.8 Å². The van der Waals surface area contributed by atoms with Gasteiger partial charge in [-0.1, -0.05) is 91.0 Å². The monoisotopic (exact) mass is 385 g/mol. The van der Waals surface area contributed by atoms with Gasteiger partial charge in [0, 0.05) is 12.8 Å². The molecule has 1 saturated carbocycles. The number of nitrogens with zero attached hydrogens (tertiary/aromatic N) is 1. The fourth-order valence-corrected chi connectivity index (χ4v) is 7.29. The third kappa shape index (κ3) is 3.69. The van der Waals surface area contributed by atoms with Crippen molar-refractivity contribution >= 4 is 35.4 Å². The summed E-state index contributed by atoms with van der Waals surface area (Å²) in [5.74, 6) is 0.316. The Kier molecular flexibility index (Phi) is 5.49. The van der Waals surface area contributed by atoms with Crippen LogP contribution in [-0.2, 0) is 9.32 Å². The lowest BCUT2D eigenvalue weighted by Crippen LogP contribution is -2.68. The van der Waals surface area contributed by atoms with E-state index in [2.05, 4.69) is 78.0 Å². The summed E-state index contributed by atoms with van der Waals surface area (Å²) in [6.45, 7) is 0. The van der Waals surface area contributed by atoms with Crippen LogP contribution in [0, 0.1) is 0 Å². The Balaban J connectivity index is 1.86. The van der Waals surface area contributed by atoms with E-state index >= 15 is 0 Å². The summed E-state index contributed by atoms with van der Waals surface area (Å²) in [5, 5.41) is 8.11. The molecule has 3 aromatic carbocycles. The molecule has 0 unspecified atom stereocenters. The van der Waals surface area contributed by atoms with Crippen LogP contribution in [0.5, 0.6) is 0 Å². The van der Waals surface area contributed by atoms with Gasteiger partial charge in [0.15, 0.2) is 0 Å². The first-order chi connectivity index (χ1) is 13.8. The molecule has 0 bridgehead atoms. The minimum Gasteiger partial charge on any atom is -0.438 e. The van der Waals surface area contributed by atoms with E-state index < -0.39 is 8.32 Å². The van der Waals surface area contributed by atoms with Crippen molar-refractivity contribution in [2.24, 2.45) is 5.16 Å². The largest absolute Gasteiger partial charge is 0.438 e. The first-order valence-electron chi connectivity index (χ1n) is 9.71. The van der Waals surface area contributed by atoms with E-state index in [9.17, 15) is 4.79 Å². The first-order valence-corrected chi connectivity index (χ1v) is 11.6. The molecule has 0 N–H and O–H groups in total. The van der Waals surface area contributed by atoms with Gasteiger partial charge in [-0.05, 0) is 28.4 Å². The predicted molar refractivity (Wildman–Crippen MR) is 116 cm³/mol. The molecule has 0 aliphatic heterocycles. The Labute approximate surface area is 166 Å². The quantitative estimate of drug-likeness (QED) is 0.384. The van der Waals surface area contributed by atoms with Gasteiger partial charge in [-0.25, -0.2) is 0 Å². The zero-order chi connectivity index (χ0) is 19.2. The highest BCUT2D eigenvalue weighted by molar-refractivity contribution is 7.07. The summed E-state index contributed by atoms with van der Waals surface area (Å²) >= 11 is 0. The fourth-order valence-electron chi connectivity index (χ4n) is 3.72. The highest BCUT2D eigenvalue weighted by Crippen LogP contribution is 2.15. The van der Waals surface area contributed by atoms with Crippen molar-refractivity contribution in [2.75, 3.05) is 0 Å². The summed E-state index contributed by atoms with van der Waals surface area (Å²) in [5.41, 5.74) is 0.985.